The Hall–Kier alpha value is -1.87. The van der Waals surface area contributed by atoms with Crippen LogP contribution in [-0.4, -0.2) is 9.97 Å². The second kappa shape index (κ2) is 3.94. The first-order valence-corrected chi connectivity index (χ1v) is 4.75. The maximum atomic E-state index is 5.70. The van der Waals surface area contributed by atoms with Crippen LogP contribution in [0.4, 0.5) is 5.69 Å². The Labute approximate surface area is 98.7 Å². The number of nitrogen functional groups attached to an aromatic ring is 1. The van der Waals surface area contributed by atoms with Gasteiger partial charge in [0, 0.05) is 5.69 Å². The van der Waals surface area contributed by atoms with Crippen molar-refractivity contribution in [3.8, 4) is 0 Å². The molecule has 2 N–H and O–H groups in total. The number of nitrogens with two attached hydrogens (primary N) is 1. The molecule has 0 amide bonds. The fourth-order valence-electron chi connectivity index (χ4n) is 1.64. The molecule has 0 bridgehead atoms. The zero-order valence-electron chi connectivity index (χ0n) is 8.42. The van der Waals surface area contributed by atoms with E-state index in [0.717, 1.165) is 22.1 Å². The molecule has 1 aromatic heterocycles. The van der Waals surface area contributed by atoms with Gasteiger partial charge in [-0.25, -0.2) is 9.97 Å². The van der Waals surface area contributed by atoms with E-state index in [1.807, 2.05) is 42.5 Å². The molecule has 4 heteroatoms. The van der Waals surface area contributed by atoms with E-state index in [9.17, 15) is 0 Å². The highest BCUT2D eigenvalue weighted by atomic mass is 35.5. The third-order valence-corrected chi connectivity index (χ3v) is 2.36. The third kappa shape index (κ3) is 1.66. The van der Waals surface area contributed by atoms with Crippen molar-refractivity contribution in [2.24, 2.45) is 0 Å². The molecular formula is C12H10ClN3. The van der Waals surface area contributed by atoms with Crippen LogP contribution in [0.5, 0.6) is 0 Å². The fourth-order valence-corrected chi connectivity index (χ4v) is 1.64. The van der Waals surface area contributed by atoms with E-state index in [0.29, 0.717) is 5.69 Å². The minimum atomic E-state index is 0. The van der Waals surface area contributed by atoms with Gasteiger partial charge in [-0.3, -0.25) is 0 Å². The van der Waals surface area contributed by atoms with Gasteiger partial charge in [0.05, 0.1) is 22.1 Å². The lowest BCUT2D eigenvalue weighted by Gasteiger charge is -2.00. The zero-order valence-corrected chi connectivity index (χ0v) is 9.24. The van der Waals surface area contributed by atoms with Gasteiger partial charge in [-0.1, -0.05) is 12.1 Å². The van der Waals surface area contributed by atoms with E-state index in [1.54, 1.807) is 0 Å². The third-order valence-electron chi connectivity index (χ3n) is 2.36. The van der Waals surface area contributed by atoms with Crippen LogP contribution >= 0.6 is 12.4 Å². The van der Waals surface area contributed by atoms with Crippen molar-refractivity contribution in [1.29, 1.82) is 0 Å². The largest absolute Gasteiger partial charge is 0.399 e. The minimum Gasteiger partial charge on any atom is -0.399 e. The summed E-state index contributed by atoms with van der Waals surface area (Å²) in [5.41, 5.74) is 9.94. The van der Waals surface area contributed by atoms with Crippen LogP contribution in [0, 0.1) is 0 Å². The summed E-state index contributed by atoms with van der Waals surface area (Å²) in [6.45, 7) is 0. The molecule has 0 unspecified atom stereocenters. The molecule has 16 heavy (non-hydrogen) atoms. The summed E-state index contributed by atoms with van der Waals surface area (Å²) in [5, 5.41) is 0. The molecule has 0 radical (unpaired) electrons. The lowest BCUT2D eigenvalue weighted by molar-refractivity contribution is 1.39. The lowest BCUT2D eigenvalue weighted by atomic mass is 10.2. The number of aromatic nitrogens is 2. The molecule has 2 aromatic carbocycles. The van der Waals surface area contributed by atoms with Gasteiger partial charge in [-0.05, 0) is 30.3 Å². The van der Waals surface area contributed by atoms with Gasteiger partial charge in [0.25, 0.3) is 0 Å². The van der Waals surface area contributed by atoms with Crippen molar-refractivity contribution in [3.63, 3.8) is 0 Å². The monoisotopic (exact) mass is 231 g/mol. The molecule has 3 aromatic rings. The smallest absolute Gasteiger partial charge is 0.0915 e. The van der Waals surface area contributed by atoms with Crippen molar-refractivity contribution >= 4 is 40.2 Å². The molecule has 0 aliphatic heterocycles. The quantitative estimate of drug-likeness (QED) is 0.478. The Kier molecular flexibility index (Phi) is 2.62. The zero-order chi connectivity index (χ0) is 10.3. The normalized spacial score (nSPS) is 10.2. The number of halogens is 1. The number of nitrogens with zero attached hydrogens (tertiary/aromatic N) is 2. The van der Waals surface area contributed by atoms with Gasteiger partial charge in [-0.2, -0.15) is 0 Å². The van der Waals surface area contributed by atoms with E-state index >= 15 is 0 Å². The van der Waals surface area contributed by atoms with Crippen LogP contribution in [0.3, 0.4) is 0 Å². The first-order chi connectivity index (χ1) is 7.33. The summed E-state index contributed by atoms with van der Waals surface area (Å²) in [6.07, 6.45) is 0. The highest BCUT2D eigenvalue weighted by molar-refractivity contribution is 5.87. The molecule has 0 aliphatic carbocycles. The highest BCUT2D eigenvalue weighted by Gasteiger charge is 2.00. The highest BCUT2D eigenvalue weighted by Crippen LogP contribution is 2.17. The molecule has 3 nitrogen and oxygen atoms in total. The molecule has 0 fully saturated rings. The Bertz CT molecular complexity index is 652. The fraction of sp³-hybridized carbons (Fsp3) is 0. The van der Waals surface area contributed by atoms with Gasteiger partial charge < -0.3 is 5.73 Å². The van der Waals surface area contributed by atoms with E-state index in [-0.39, 0.29) is 12.4 Å². The summed E-state index contributed by atoms with van der Waals surface area (Å²) in [5.74, 6) is 0. The van der Waals surface area contributed by atoms with E-state index in [4.69, 9.17) is 5.73 Å². The van der Waals surface area contributed by atoms with Crippen LogP contribution < -0.4 is 5.73 Å². The lowest BCUT2D eigenvalue weighted by Crippen LogP contribution is -1.89. The summed E-state index contributed by atoms with van der Waals surface area (Å²) in [6, 6.07) is 13.4. The van der Waals surface area contributed by atoms with Gasteiger partial charge >= 0.3 is 0 Å². The Morgan fingerprint density at radius 2 is 1.31 bits per heavy atom. The minimum absolute atomic E-state index is 0. The molecule has 80 valence electrons. The number of hydrogen-bond acceptors (Lipinski definition) is 3. The van der Waals surface area contributed by atoms with Crippen LogP contribution in [0.25, 0.3) is 22.1 Å². The van der Waals surface area contributed by atoms with Gasteiger partial charge in [-0.15, -0.1) is 12.4 Å². The van der Waals surface area contributed by atoms with Crippen molar-refractivity contribution in [1.82, 2.24) is 9.97 Å². The van der Waals surface area contributed by atoms with E-state index < -0.39 is 0 Å². The maximum absolute atomic E-state index is 5.70. The first kappa shape index (κ1) is 10.6. The Morgan fingerprint density at radius 3 is 2.00 bits per heavy atom. The SMILES string of the molecule is Cl.Nc1ccc2nc3ccccc3nc2c1. The summed E-state index contributed by atoms with van der Waals surface area (Å²) < 4.78 is 0. The van der Waals surface area contributed by atoms with E-state index in [2.05, 4.69) is 9.97 Å². The van der Waals surface area contributed by atoms with Crippen molar-refractivity contribution in [2.75, 3.05) is 5.73 Å². The molecule has 0 spiro atoms. The second-order valence-corrected chi connectivity index (χ2v) is 3.46. The predicted molar refractivity (Wildman–Crippen MR) is 68.7 cm³/mol. The molecule has 0 atom stereocenters. The summed E-state index contributed by atoms with van der Waals surface area (Å²) in [7, 11) is 0. The molecule has 1 heterocycles. The number of hydrogen-bond donors (Lipinski definition) is 1. The number of anilines is 1. The number of para-hydroxylation sites is 2. The van der Waals surface area contributed by atoms with Crippen molar-refractivity contribution in [3.05, 3.63) is 42.5 Å². The maximum Gasteiger partial charge on any atom is 0.0915 e. The molecule has 3 rings (SSSR count). The topological polar surface area (TPSA) is 51.8 Å². The first-order valence-electron chi connectivity index (χ1n) is 4.75. The van der Waals surface area contributed by atoms with E-state index in [1.165, 1.54) is 0 Å². The van der Waals surface area contributed by atoms with Crippen LogP contribution in [0.1, 0.15) is 0 Å². The van der Waals surface area contributed by atoms with Crippen LogP contribution in [0.2, 0.25) is 0 Å². The summed E-state index contributed by atoms with van der Waals surface area (Å²) >= 11 is 0. The molecular weight excluding hydrogens is 222 g/mol. The number of fused-ring (bicyclic) bond motifs is 2. The predicted octanol–water partition coefficient (Wildman–Crippen LogP) is 2.79. The van der Waals surface area contributed by atoms with Gasteiger partial charge in [0.1, 0.15) is 0 Å². The van der Waals surface area contributed by atoms with Gasteiger partial charge in [0.15, 0.2) is 0 Å². The second-order valence-electron chi connectivity index (χ2n) is 3.46. The summed E-state index contributed by atoms with van der Waals surface area (Å²) in [4.78, 5) is 9.00. The standard InChI is InChI=1S/C12H9N3.ClH/c13-8-5-6-11-12(7-8)15-10-4-2-1-3-9(10)14-11;/h1-7H,13H2;1H. The Morgan fingerprint density at radius 1 is 0.750 bits per heavy atom. The number of rotatable bonds is 0. The molecule has 0 aliphatic rings. The molecule has 0 saturated carbocycles. The Balaban J connectivity index is 0.000000963. The average Bonchev–Trinajstić information content (AvgIpc) is 2.26. The number of benzene rings is 2. The van der Waals surface area contributed by atoms with Crippen LogP contribution in [-0.2, 0) is 0 Å². The van der Waals surface area contributed by atoms with Gasteiger partial charge in [0.2, 0.25) is 0 Å². The van der Waals surface area contributed by atoms with Crippen molar-refractivity contribution in [2.45, 2.75) is 0 Å². The van der Waals surface area contributed by atoms with Crippen LogP contribution in [0.15, 0.2) is 42.5 Å². The average molecular weight is 232 g/mol. The molecule has 0 saturated heterocycles. The van der Waals surface area contributed by atoms with Crippen molar-refractivity contribution < 1.29 is 0 Å².